The molecule has 0 radical (unpaired) electrons. The van der Waals surface area contributed by atoms with E-state index in [-0.39, 0.29) is 18.7 Å². The third-order valence-corrected chi connectivity index (χ3v) is 3.78. The normalized spacial score (nSPS) is 18.9. The molecule has 0 aromatic carbocycles. The first-order valence-electron chi connectivity index (χ1n) is 6.96. The lowest BCUT2D eigenvalue weighted by Gasteiger charge is -2.35. The average Bonchev–Trinajstić information content (AvgIpc) is 2.47. The molecule has 2 heterocycles. The van der Waals surface area contributed by atoms with Crippen LogP contribution in [0.3, 0.4) is 0 Å². The van der Waals surface area contributed by atoms with Crippen LogP contribution in [0.2, 0.25) is 5.02 Å². The van der Waals surface area contributed by atoms with Gasteiger partial charge in [0, 0.05) is 25.4 Å². The van der Waals surface area contributed by atoms with Crippen LogP contribution in [0.5, 0.6) is 0 Å². The first-order valence-corrected chi connectivity index (χ1v) is 7.34. The number of hydrogen-bond acceptors (Lipinski definition) is 3. The summed E-state index contributed by atoms with van der Waals surface area (Å²) in [5.74, 6) is 0. The Morgan fingerprint density at radius 1 is 1.50 bits per heavy atom. The van der Waals surface area contributed by atoms with Crippen molar-refractivity contribution in [3.8, 4) is 0 Å². The quantitative estimate of drug-likeness (QED) is 0.895. The van der Waals surface area contributed by atoms with Gasteiger partial charge in [0.15, 0.2) is 0 Å². The third kappa shape index (κ3) is 4.08. The Morgan fingerprint density at radius 2 is 2.35 bits per heavy atom. The van der Waals surface area contributed by atoms with E-state index in [0.29, 0.717) is 18.0 Å². The summed E-state index contributed by atoms with van der Waals surface area (Å²) < 4.78 is 0. The fourth-order valence-corrected chi connectivity index (χ4v) is 2.61. The highest BCUT2D eigenvalue weighted by Crippen LogP contribution is 2.19. The van der Waals surface area contributed by atoms with Gasteiger partial charge in [0.1, 0.15) is 0 Å². The van der Waals surface area contributed by atoms with Gasteiger partial charge in [0.25, 0.3) is 0 Å². The van der Waals surface area contributed by atoms with Gasteiger partial charge < -0.3 is 15.3 Å². The van der Waals surface area contributed by atoms with Crippen molar-refractivity contribution in [2.75, 3.05) is 13.2 Å². The van der Waals surface area contributed by atoms with E-state index in [9.17, 15) is 4.79 Å². The van der Waals surface area contributed by atoms with Crippen LogP contribution in [0.4, 0.5) is 4.79 Å². The van der Waals surface area contributed by atoms with Crippen LogP contribution in [-0.4, -0.2) is 40.2 Å². The van der Waals surface area contributed by atoms with E-state index in [1.54, 1.807) is 18.3 Å². The van der Waals surface area contributed by atoms with E-state index in [2.05, 4.69) is 10.3 Å². The second kappa shape index (κ2) is 7.45. The van der Waals surface area contributed by atoms with Crippen molar-refractivity contribution in [2.45, 2.75) is 38.3 Å². The Hall–Kier alpha value is -1.33. The number of aliphatic hydroxyl groups is 1. The second-order valence-electron chi connectivity index (χ2n) is 4.98. The topological polar surface area (TPSA) is 65.5 Å². The number of nitrogens with zero attached hydrogens (tertiary/aromatic N) is 2. The van der Waals surface area contributed by atoms with Crippen LogP contribution in [-0.2, 0) is 6.54 Å². The number of aromatic nitrogens is 1. The molecule has 1 aromatic heterocycles. The van der Waals surface area contributed by atoms with E-state index in [1.165, 1.54) is 0 Å². The molecule has 1 fully saturated rings. The van der Waals surface area contributed by atoms with E-state index < -0.39 is 0 Å². The summed E-state index contributed by atoms with van der Waals surface area (Å²) in [5.41, 5.74) is 0.776. The minimum Gasteiger partial charge on any atom is -0.396 e. The lowest BCUT2D eigenvalue weighted by Crippen LogP contribution is -2.48. The monoisotopic (exact) mass is 297 g/mol. The fourth-order valence-electron chi connectivity index (χ4n) is 2.50. The summed E-state index contributed by atoms with van der Waals surface area (Å²) >= 11 is 5.77. The number of piperidine rings is 1. The number of carbonyl (C=O) groups excluding carboxylic acids is 1. The molecule has 1 atom stereocenters. The molecule has 0 saturated carbocycles. The number of pyridine rings is 1. The lowest BCUT2D eigenvalue weighted by molar-refractivity contribution is 0.131. The van der Waals surface area contributed by atoms with E-state index >= 15 is 0 Å². The first-order chi connectivity index (χ1) is 9.70. The summed E-state index contributed by atoms with van der Waals surface area (Å²) in [7, 11) is 0. The molecule has 110 valence electrons. The summed E-state index contributed by atoms with van der Waals surface area (Å²) in [4.78, 5) is 18.2. The molecule has 2 rings (SSSR count). The number of likely N-dealkylation sites (tertiary alicyclic amines) is 1. The van der Waals surface area contributed by atoms with Crippen molar-refractivity contribution >= 4 is 17.6 Å². The number of urea groups is 1. The van der Waals surface area contributed by atoms with Crippen molar-refractivity contribution in [1.82, 2.24) is 15.2 Å². The number of hydrogen-bond donors (Lipinski definition) is 2. The molecule has 1 unspecified atom stereocenters. The van der Waals surface area contributed by atoms with Crippen molar-refractivity contribution < 1.29 is 9.90 Å². The van der Waals surface area contributed by atoms with Gasteiger partial charge in [0.05, 0.1) is 17.3 Å². The van der Waals surface area contributed by atoms with Gasteiger partial charge in [0.2, 0.25) is 0 Å². The van der Waals surface area contributed by atoms with E-state index in [4.69, 9.17) is 16.7 Å². The Labute approximate surface area is 123 Å². The van der Waals surface area contributed by atoms with Crippen LogP contribution in [0, 0.1) is 0 Å². The minimum atomic E-state index is -0.0834. The first kappa shape index (κ1) is 15.1. The summed E-state index contributed by atoms with van der Waals surface area (Å²) in [6.45, 7) is 1.26. The zero-order valence-corrected chi connectivity index (χ0v) is 12.1. The van der Waals surface area contributed by atoms with Crippen LogP contribution in [0.15, 0.2) is 18.3 Å². The standard InChI is InChI=1S/C14H20ClN3O2/c15-11-4-5-12(16-9-11)10-17-14(20)18-7-2-1-3-13(18)6-8-19/h4-5,9,13,19H,1-3,6-8,10H2,(H,17,20). The van der Waals surface area contributed by atoms with Gasteiger partial charge >= 0.3 is 6.03 Å². The molecule has 1 aliphatic rings. The Bertz CT molecular complexity index is 437. The molecule has 2 N–H and O–H groups in total. The molecular formula is C14H20ClN3O2. The summed E-state index contributed by atoms with van der Waals surface area (Å²) in [5, 5.41) is 12.5. The molecular weight excluding hydrogens is 278 g/mol. The molecule has 0 spiro atoms. The highest BCUT2D eigenvalue weighted by Gasteiger charge is 2.25. The molecule has 0 bridgehead atoms. The van der Waals surface area contributed by atoms with Crippen molar-refractivity contribution in [3.63, 3.8) is 0 Å². The van der Waals surface area contributed by atoms with Crippen molar-refractivity contribution in [3.05, 3.63) is 29.0 Å². The highest BCUT2D eigenvalue weighted by molar-refractivity contribution is 6.30. The number of nitrogens with one attached hydrogen (secondary N) is 1. The zero-order chi connectivity index (χ0) is 14.4. The van der Waals surface area contributed by atoms with Gasteiger partial charge in [-0.05, 0) is 37.8 Å². The Kier molecular flexibility index (Phi) is 5.61. The largest absolute Gasteiger partial charge is 0.396 e. The van der Waals surface area contributed by atoms with Gasteiger partial charge in [-0.1, -0.05) is 11.6 Å². The maximum Gasteiger partial charge on any atom is 0.317 e. The average molecular weight is 298 g/mol. The van der Waals surface area contributed by atoms with Gasteiger partial charge in [-0.3, -0.25) is 4.98 Å². The van der Waals surface area contributed by atoms with Crippen LogP contribution in [0.1, 0.15) is 31.4 Å². The maximum atomic E-state index is 12.2. The highest BCUT2D eigenvalue weighted by atomic mass is 35.5. The molecule has 20 heavy (non-hydrogen) atoms. The molecule has 2 amide bonds. The number of rotatable bonds is 4. The van der Waals surface area contributed by atoms with Gasteiger partial charge in [-0.2, -0.15) is 0 Å². The van der Waals surface area contributed by atoms with E-state index in [1.807, 2.05) is 4.90 Å². The van der Waals surface area contributed by atoms with Gasteiger partial charge in [-0.25, -0.2) is 4.79 Å². The SMILES string of the molecule is O=C(NCc1ccc(Cl)cn1)N1CCCCC1CCO. The summed E-state index contributed by atoms with van der Waals surface area (Å²) in [6, 6.07) is 3.61. The minimum absolute atomic E-state index is 0.0834. The van der Waals surface area contributed by atoms with Crippen molar-refractivity contribution in [1.29, 1.82) is 0 Å². The van der Waals surface area contributed by atoms with E-state index in [0.717, 1.165) is 31.5 Å². The second-order valence-corrected chi connectivity index (χ2v) is 5.42. The predicted molar refractivity (Wildman–Crippen MR) is 77.5 cm³/mol. The molecule has 0 aliphatic carbocycles. The smallest absolute Gasteiger partial charge is 0.317 e. The number of halogens is 1. The van der Waals surface area contributed by atoms with Crippen LogP contribution >= 0.6 is 11.6 Å². The van der Waals surface area contributed by atoms with Gasteiger partial charge in [-0.15, -0.1) is 0 Å². The number of amides is 2. The zero-order valence-electron chi connectivity index (χ0n) is 11.4. The molecule has 1 aromatic rings. The molecule has 1 saturated heterocycles. The van der Waals surface area contributed by atoms with Crippen LogP contribution in [0.25, 0.3) is 0 Å². The predicted octanol–water partition coefficient (Wildman–Crippen LogP) is 2.18. The maximum absolute atomic E-state index is 12.2. The van der Waals surface area contributed by atoms with Crippen LogP contribution < -0.4 is 5.32 Å². The number of carbonyl (C=O) groups is 1. The number of aliphatic hydroxyl groups excluding tert-OH is 1. The van der Waals surface area contributed by atoms with Crippen molar-refractivity contribution in [2.24, 2.45) is 0 Å². The third-order valence-electron chi connectivity index (χ3n) is 3.56. The molecule has 5 nitrogen and oxygen atoms in total. The fraction of sp³-hybridized carbons (Fsp3) is 0.571. The summed E-state index contributed by atoms with van der Waals surface area (Å²) in [6.07, 6.45) is 5.32. The Balaban J connectivity index is 1.88. The molecule has 6 heteroatoms. The Morgan fingerprint density at radius 3 is 3.05 bits per heavy atom. The lowest BCUT2D eigenvalue weighted by atomic mass is 10.0. The molecule has 1 aliphatic heterocycles.